The number of carbonyl (C=O) groups is 1. The molecule has 0 radical (unpaired) electrons. The number of pyridine rings is 1. The average Bonchev–Trinajstić information content (AvgIpc) is 2.54. The number of nitrogens with one attached hydrogen (secondary N) is 1. The molecule has 2 rings (SSSR count). The lowest BCUT2D eigenvalue weighted by molar-refractivity contribution is 0.0950. The van der Waals surface area contributed by atoms with Crippen molar-refractivity contribution in [2.75, 3.05) is 6.61 Å². The van der Waals surface area contributed by atoms with Crippen molar-refractivity contribution in [3.8, 4) is 11.8 Å². The Hall–Kier alpha value is -2.64. The largest absolute Gasteiger partial charge is 0.395 e. The molecular weight excluding hydrogens is 264 g/mol. The van der Waals surface area contributed by atoms with Crippen molar-refractivity contribution >= 4 is 5.91 Å². The van der Waals surface area contributed by atoms with Crippen LogP contribution < -0.4 is 5.32 Å². The second-order valence-corrected chi connectivity index (χ2v) is 4.41. The van der Waals surface area contributed by atoms with E-state index in [1.54, 1.807) is 12.3 Å². The standard InChI is InChI=1S/C17H16N2O2/c20-9-5-4-8-15-10-16(13-18-11-15)17(21)19-12-14-6-2-1-3-7-14/h1-3,6-7,10-11,13,20H,5,9,12H2,(H,19,21). The highest BCUT2D eigenvalue weighted by Crippen LogP contribution is 2.03. The fraction of sp³-hybridized carbons (Fsp3) is 0.176. The van der Waals surface area contributed by atoms with Crippen LogP contribution in [0.3, 0.4) is 0 Å². The van der Waals surface area contributed by atoms with E-state index >= 15 is 0 Å². The molecule has 2 N–H and O–H groups in total. The Labute approximate surface area is 123 Å². The van der Waals surface area contributed by atoms with Crippen LogP contribution in [0, 0.1) is 11.8 Å². The van der Waals surface area contributed by atoms with E-state index in [9.17, 15) is 4.79 Å². The minimum Gasteiger partial charge on any atom is -0.395 e. The lowest BCUT2D eigenvalue weighted by Gasteiger charge is -2.05. The van der Waals surface area contributed by atoms with Gasteiger partial charge < -0.3 is 10.4 Å². The highest BCUT2D eigenvalue weighted by molar-refractivity contribution is 5.94. The smallest absolute Gasteiger partial charge is 0.253 e. The molecule has 1 amide bonds. The van der Waals surface area contributed by atoms with Crippen LogP contribution in [-0.4, -0.2) is 22.6 Å². The maximum atomic E-state index is 12.1. The summed E-state index contributed by atoms with van der Waals surface area (Å²) in [6, 6.07) is 11.4. The van der Waals surface area contributed by atoms with Crippen LogP contribution in [0.2, 0.25) is 0 Å². The average molecular weight is 280 g/mol. The molecule has 4 nitrogen and oxygen atoms in total. The van der Waals surface area contributed by atoms with E-state index in [2.05, 4.69) is 22.1 Å². The molecule has 1 aromatic heterocycles. The summed E-state index contributed by atoms with van der Waals surface area (Å²) in [6.45, 7) is 0.498. The van der Waals surface area contributed by atoms with Crippen LogP contribution in [0.15, 0.2) is 48.8 Å². The minimum absolute atomic E-state index is 0.0255. The zero-order chi connectivity index (χ0) is 14.9. The molecule has 0 saturated heterocycles. The van der Waals surface area contributed by atoms with Crippen molar-refractivity contribution in [1.29, 1.82) is 0 Å². The van der Waals surface area contributed by atoms with Gasteiger partial charge in [-0.05, 0) is 11.6 Å². The number of amides is 1. The van der Waals surface area contributed by atoms with Gasteiger partial charge in [0.1, 0.15) is 0 Å². The molecule has 1 aromatic carbocycles. The van der Waals surface area contributed by atoms with Gasteiger partial charge in [0.25, 0.3) is 5.91 Å². The van der Waals surface area contributed by atoms with E-state index in [1.807, 2.05) is 30.3 Å². The Morgan fingerprint density at radius 1 is 1.24 bits per heavy atom. The molecule has 0 aliphatic heterocycles. The van der Waals surface area contributed by atoms with Crippen LogP contribution in [0.4, 0.5) is 0 Å². The molecule has 0 saturated carbocycles. The summed E-state index contributed by atoms with van der Waals surface area (Å²) < 4.78 is 0. The molecule has 21 heavy (non-hydrogen) atoms. The van der Waals surface area contributed by atoms with Crippen molar-refractivity contribution in [3.63, 3.8) is 0 Å². The van der Waals surface area contributed by atoms with Crippen LogP contribution in [0.25, 0.3) is 0 Å². The van der Waals surface area contributed by atoms with Crippen LogP contribution in [0.1, 0.15) is 27.9 Å². The molecule has 1 heterocycles. The maximum absolute atomic E-state index is 12.1. The number of aliphatic hydroxyl groups is 1. The second-order valence-electron chi connectivity index (χ2n) is 4.41. The quantitative estimate of drug-likeness (QED) is 0.839. The van der Waals surface area contributed by atoms with Gasteiger partial charge in [-0.3, -0.25) is 9.78 Å². The van der Waals surface area contributed by atoms with Crippen LogP contribution in [-0.2, 0) is 6.54 Å². The number of aliphatic hydroxyl groups excluding tert-OH is 1. The number of rotatable bonds is 4. The Morgan fingerprint density at radius 2 is 2.05 bits per heavy atom. The van der Waals surface area contributed by atoms with E-state index in [-0.39, 0.29) is 12.5 Å². The third kappa shape index (κ3) is 4.75. The Bertz CT molecular complexity index is 657. The van der Waals surface area contributed by atoms with Gasteiger partial charge in [0.2, 0.25) is 0 Å². The predicted molar refractivity (Wildman–Crippen MR) is 80.4 cm³/mol. The molecule has 0 aliphatic carbocycles. The summed E-state index contributed by atoms with van der Waals surface area (Å²) >= 11 is 0. The highest BCUT2D eigenvalue weighted by atomic mass is 16.2. The molecule has 0 unspecified atom stereocenters. The van der Waals surface area contributed by atoms with Gasteiger partial charge in [0.15, 0.2) is 0 Å². The van der Waals surface area contributed by atoms with Gasteiger partial charge >= 0.3 is 0 Å². The van der Waals surface area contributed by atoms with Gasteiger partial charge in [-0.25, -0.2) is 0 Å². The summed E-state index contributed by atoms with van der Waals surface area (Å²) in [6.07, 6.45) is 3.51. The summed E-state index contributed by atoms with van der Waals surface area (Å²) in [7, 11) is 0. The summed E-state index contributed by atoms with van der Waals surface area (Å²) in [5.41, 5.74) is 2.18. The van der Waals surface area contributed by atoms with Crippen molar-refractivity contribution in [3.05, 3.63) is 65.5 Å². The number of nitrogens with zero attached hydrogens (tertiary/aromatic N) is 1. The Balaban J connectivity index is 1.99. The molecule has 4 heteroatoms. The number of hydrogen-bond donors (Lipinski definition) is 2. The minimum atomic E-state index is -0.183. The van der Waals surface area contributed by atoms with Crippen molar-refractivity contribution in [2.45, 2.75) is 13.0 Å². The molecular formula is C17H16N2O2. The highest BCUT2D eigenvalue weighted by Gasteiger charge is 2.06. The van der Waals surface area contributed by atoms with E-state index in [0.29, 0.717) is 24.1 Å². The van der Waals surface area contributed by atoms with Crippen LogP contribution >= 0.6 is 0 Å². The molecule has 0 bridgehead atoms. The van der Waals surface area contributed by atoms with Gasteiger partial charge in [0, 0.05) is 30.9 Å². The third-order valence-electron chi connectivity index (χ3n) is 2.77. The zero-order valence-electron chi connectivity index (χ0n) is 11.5. The summed E-state index contributed by atoms with van der Waals surface area (Å²) in [4.78, 5) is 16.1. The number of hydrogen-bond acceptors (Lipinski definition) is 3. The molecule has 0 spiro atoms. The zero-order valence-corrected chi connectivity index (χ0v) is 11.5. The SMILES string of the molecule is O=C(NCc1ccccc1)c1cncc(C#CCCO)c1. The molecule has 0 aliphatic rings. The van der Waals surface area contributed by atoms with E-state index in [4.69, 9.17) is 5.11 Å². The van der Waals surface area contributed by atoms with Crippen molar-refractivity contribution < 1.29 is 9.90 Å². The van der Waals surface area contributed by atoms with Crippen molar-refractivity contribution in [1.82, 2.24) is 10.3 Å². The van der Waals surface area contributed by atoms with E-state index < -0.39 is 0 Å². The molecule has 0 atom stereocenters. The topological polar surface area (TPSA) is 62.2 Å². The third-order valence-corrected chi connectivity index (χ3v) is 2.77. The van der Waals surface area contributed by atoms with Crippen LogP contribution in [0.5, 0.6) is 0 Å². The number of aromatic nitrogens is 1. The lowest BCUT2D eigenvalue weighted by atomic mass is 10.2. The lowest BCUT2D eigenvalue weighted by Crippen LogP contribution is -2.22. The normalized spacial score (nSPS) is 9.57. The molecule has 106 valence electrons. The summed E-state index contributed by atoms with van der Waals surface area (Å²) in [5, 5.41) is 11.5. The first kappa shape index (κ1) is 14.8. The molecule has 2 aromatic rings. The number of benzene rings is 1. The molecule has 0 fully saturated rings. The maximum Gasteiger partial charge on any atom is 0.253 e. The fourth-order valence-corrected chi connectivity index (χ4v) is 1.73. The van der Waals surface area contributed by atoms with Gasteiger partial charge in [-0.2, -0.15) is 0 Å². The van der Waals surface area contributed by atoms with E-state index in [0.717, 1.165) is 5.56 Å². The van der Waals surface area contributed by atoms with E-state index in [1.165, 1.54) is 6.20 Å². The predicted octanol–water partition coefficient (Wildman–Crippen LogP) is 1.75. The first-order chi connectivity index (χ1) is 10.3. The Kier molecular flexibility index (Phi) is 5.50. The van der Waals surface area contributed by atoms with Gasteiger partial charge in [-0.15, -0.1) is 0 Å². The van der Waals surface area contributed by atoms with Gasteiger partial charge in [0.05, 0.1) is 12.2 Å². The summed E-state index contributed by atoms with van der Waals surface area (Å²) in [5.74, 6) is 5.48. The van der Waals surface area contributed by atoms with Crippen molar-refractivity contribution in [2.24, 2.45) is 0 Å². The first-order valence-electron chi connectivity index (χ1n) is 6.66. The Morgan fingerprint density at radius 3 is 2.81 bits per heavy atom. The number of carbonyl (C=O) groups excluding carboxylic acids is 1. The fourth-order valence-electron chi connectivity index (χ4n) is 1.73. The first-order valence-corrected chi connectivity index (χ1v) is 6.66. The monoisotopic (exact) mass is 280 g/mol. The second kappa shape index (κ2) is 7.83. The van der Waals surface area contributed by atoms with Gasteiger partial charge in [-0.1, -0.05) is 42.2 Å².